The zero-order chi connectivity index (χ0) is 58.3. The van der Waals surface area contributed by atoms with E-state index in [0.29, 0.717) is 17.9 Å². The van der Waals surface area contributed by atoms with Crippen LogP contribution in [0.5, 0.6) is 5.75 Å². The molecule has 0 aromatic heterocycles. The number of ether oxygens (including phenoxy) is 8. The molecular formula is C49H78N4O25S. The number of unbranched alkanes of at least 4 members (excludes halogenated alkanes) is 3. The summed E-state index contributed by atoms with van der Waals surface area (Å²) in [5.41, 5.74) is 0.524. The Morgan fingerprint density at radius 2 is 1.14 bits per heavy atom. The van der Waals surface area contributed by atoms with Gasteiger partial charge in [0.15, 0.2) is 25.2 Å². The van der Waals surface area contributed by atoms with Gasteiger partial charge in [-0.3, -0.25) is 23.4 Å². The molecule has 20 atom stereocenters. The number of nitrogens with one attached hydrogen (secondary N) is 3. The molecule has 0 spiro atoms. The Morgan fingerprint density at radius 1 is 0.646 bits per heavy atom. The Bertz CT molecular complexity index is 2250. The van der Waals surface area contributed by atoms with E-state index in [1.165, 1.54) is 6.92 Å². The highest BCUT2D eigenvalue weighted by atomic mass is 32.3. The van der Waals surface area contributed by atoms with Gasteiger partial charge in [0.25, 0.3) is 0 Å². The molecule has 4 heterocycles. The van der Waals surface area contributed by atoms with Gasteiger partial charge < -0.3 is 105 Å². The van der Waals surface area contributed by atoms with E-state index in [0.717, 1.165) is 64.9 Å². The third-order valence-electron chi connectivity index (χ3n) is 13.5. The number of carbonyl (C=O) groups excluding carboxylic acids is 4. The van der Waals surface area contributed by atoms with Crippen LogP contribution in [-0.4, -0.2) is 246 Å². The molecule has 1 aromatic rings. The lowest BCUT2D eigenvalue weighted by molar-refractivity contribution is -0.364. The second kappa shape index (κ2) is 30.8. The van der Waals surface area contributed by atoms with Gasteiger partial charge in [-0.2, -0.15) is 8.42 Å². The highest BCUT2D eigenvalue weighted by molar-refractivity contribution is 7.81. The van der Waals surface area contributed by atoms with Crippen molar-refractivity contribution in [2.75, 3.05) is 40.1 Å². The SMILES string of the molecule is CCCC/C=C\CCCOc1cccc(CN(C(C)=O)C2C(OC3C(CO)OC(OC4C(CO)OC(OC5C(COS(=O)(=O)OC)OC(O)C(NC(C)=O)C5O)C(NC(C)=O)C4O)C(NC(C)=O)C3O)OC(CO)C(O)C2O)c1. The van der Waals surface area contributed by atoms with Gasteiger partial charge in [0.2, 0.25) is 23.6 Å². The van der Waals surface area contributed by atoms with Crippen molar-refractivity contribution in [1.82, 2.24) is 20.9 Å². The van der Waals surface area contributed by atoms with E-state index in [2.05, 4.69) is 39.2 Å². The summed E-state index contributed by atoms with van der Waals surface area (Å²) in [4.78, 5) is 52.2. The first kappa shape index (κ1) is 65.7. The lowest BCUT2D eigenvalue weighted by Crippen LogP contribution is -2.71. The van der Waals surface area contributed by atoms with Gasteiger partial charge in [-0.25, -0.2) is 4.18 Å². The number of aliphatic hydroxyl groups excluding tert-OH is 9. The fourth-order valence-corrected chi connectivity index (χ4v) is 9.98. The maximum absolute atomic E-state index is 13.5. The molecule has 79 heavy (non-hydrogen) atoms. The highest BCUT2D eigenvalue weighted by Crippen LogP contribution is 2.36. The third-order valence-corrected chi connectivity index (χ3v) is 14.3. The molecule has 5 rings (SSSR count). The molecular weight excluding hydrogens is 1080 g/mol. The van der Waals surface area contributed by atoms with E-state index in [4.69, 9.17) is 42.1 Å². The van der Waals surface area contributed by atoms with E-state index in [9.17, 15) is 73.6 Å². The average molecular weight is 1160 g/mol. The van der Waals surface area contributed by atoms with Gasteiger partial charge in [-0.1, -0.05) is 44.1 Å². The normalized spacial score (nSPS) is 35.1. The number of rotatable bonds is 27. The van der Waals surface area contributed by atoms with Gasteiger partial charge in [0.1, 0.15) is 103 Å². The van der Waals surface area contributed by atoms with E-state index in [1.54, 1.807) is 24.3 Å². The summed E-state index contributed by atoms with van der Waals surface area (Å²) in [6, 6.07) is 0.159. The molecule has 0 radical (unpaired) electrons. The first-order chi connectivity index (χ1) is 37.5. The predicted octanol–water partition coefficient (Wildman–Crippen LogP) is -4.44. The summed E-state index contributed by atoms with van der Waals surface area (Å²) in [6.45, 7) is 2.82. The fourth-order valence-electron chi connectivity index (χ4n) is 9.59. The number of nitrogens with zero attached hydrogens (tertiary/aromatic N) is 1. The standard InChI is InChI=1S/C49H78N4O25S/c1-7-8-9-10-11-12-13-17-70-29-16-14-15-28(18-29)19-53(27(5)60)37-42(65)38(61)30(20-54)73-49(37)78-44-32(22-56)75-47(36(41(44)64)52-26(4)59)76-43-31(21-55)74-48(35(40(43)63)51-25(3)58)77-45-33(23-71-79(67,68)69-6)72-46(66)34(39(45)62)50-24(2)57/h10-11,14-16,18,30-49,54-56,61-66H,7-9,12-13,17,19-23H2,1-6H3,(H,50,57)(H,51,58)(H,52,59)/b11-10-. The molecule has 4 aliphatic heterocycles. The summed E-state index contributed by atoms with van der Waals surface area (Å²) >= 11 is 0. The Hall–Kier alpha value is -4.13. The molecule has 12 N–H and O–H groups in total. The first-order valence-corrected chi connectivity index (χ1v) is 27.2. The Kier molecular flexibility index (Phi) is 25.6. The number of carbonyl (C=O) groups is 4. The van der Waals surface area contributed by atoms with Crippen LogP contribution in [-0.2, 0) is 77.6 Å². The Morgan fingerprint density at radius 3 is 1.65 bits per heavy atom. The quantitative estimate of drug-likeness (QED) is 0.0292. The van der Waals surface area contributed by atoms with Crippen molar-refractivity contribution in [3.8, 4) is 5.75 Å². The van der Waals surface area contributed by atoms with Crippen molar-refractivity contribution in [1.29, 1.82) is 0 Å². The van der Waals surface area contributed by atoms with Crippen molar-refractivity contribution in [3.63, 3.8) is 0 Å². The van der Waals surface area contributed by atoms with Crippen LogP contribution < -0.4 is 20.7 Å². The van der Waals surface area contributed by atoms with Gasteiger partial charge in [0.05, 0.1) is 40.1 Å². The largest absolute Gasteiger partial charge is 0.494 e. The number of amides is 4. The summed E-state index contributed by atoms with van der Waals surface area (Å²) in [6.07, 6.45) is -20.1. The number of benzene rings is 1. The number of hydrogen-bond donors (Lipinski definition) is 12. The van der Waals surface area contributed by atoms with Crippen LogP contribution in [0.4, 0.5) is 0 Å². The topological polar surface area (TPSA) is 416 Å². The average Bonchev–Trinajstić information content (AvgIpc) is 3.41. The monoisotopic (exact) mass is 1150 g/mol. The van der Waals surface area contributed by atoms with Crippen LogP contribution in [0.15, 0.2) is 36.4 Å². The molecule has 30 heteroatoms. The van der Waals surface area contributed by atoms with Crippen molar-refractivity contribution in [2.24, 2.45) is 0 Å². The number of aliphatic hydroxyl groups is 9. The maximum Gasteiger partial charge on any atom is 0.399 e. The van der Waals surface area contributed by atoms with Crippen LogP contribution in [0.3, 0.4) is 0 Å². The van der Waals surface area contributed by atoms with Crippen LogP contribution in [0.25, 0.3) is 0 Å². The molecule has 4 aliphatic rings. The molecule has 29 nitrogen and oxygen atoms in total. The molecule has 4 fully saturated rings. The van der Waals surface area contributed by atoms with Gasteiger partial charge in [-0.05, 0) is 37.0 Å². The molecule has 4 amide bonds. The van der Waals surface area contributed by atoms with Crippen LogP contribution in [0, 0.1) is 0 Å². The van der Waals surface area contributed by atoms with Crippen LogP contribution in [0.1, 0.15) is 72.3 Å². The van der Waals surface area contributed by atoms with E-state index >= 15 is 0 Å². The highest BCUT2D eigenvalue weighted by Gasteiger charge is 2.57. The minimum Gasteiger partial charge on any atom is -0.494 e. The fraction of sp³-hybridized carbons (Fsp3) is 0.755. The summed E-state index contributed by atoms with van der Waals surface area (Å²) in [5, 5.41) is 108. The van der Waals surface area contributed by atoms with Crippen LogP contribution in [0.2, 0.25) is 0 Å². The maximum atomic E-state index is 13.5. The smallest absolute Gasteiger partial charge is 0.399 e. The second-order valence-corrected chi connectivity index (χ2v) is 20.8. The molecule has 4 saturated heterocycles. The van der Waals surface area contributed by atoms with E-state index in [1.807, 2.05) is 0 Å². The Labute approximate surface area is 457 Å². The Balaban J connectivity index is 1.40. The number of allylic oxidation sites excluding steroid dienone is 2. The van der Waals surface area contributed by atoms with Crippen LogP contribution >= 0.6 is 0 Å². The van der Waals surface area contributed by atoms with E-state index < -0.39 is 183 Å². The zero-order valence-corrected chi connectivity index (χ0v) is 45.5. The van der Waals surface area contributed by atoms with Crippen molar-refractivity contribution in [3.05, 3.63) is 42.0 Å². The van der Waals surface area contributed by atoms with Crippen molar-refractivity contribution < 1.29 is 120 Å². The number of hydrogen-bond acceptors (Lipinski definition) is 25. The summed E-state index contributed by atoms with van der Waals surface area (Å²) in [7, 11) is -3.88. The molecule has 0 saturated carbocycles. The van der Waals surface area contributed by atoms with E-state index in [-0.39, 0.29) is 6.54 Å². The molecule has 450 valence electrons. The third kappa shape index (κ3) is 17.7. The lowest BCUT2D eigenvalue weighted by atomic mass is 9.92. The summed E-state index contributed by atoms with van der Waals surface area (Å²) < 4.78 is 81.3. The first-order valence-electron chi connectivity index (χ1n) is 25.9. The van der Waals surface area contributed by atoms with Crippen molar-refractivity contribution in [2.45, 2.75) is 196 Å². The summed E-state index contributed by atoms with van der Waals surface area (Å²) in [5.74, 6) is -2.51. The van der Waals surface area contributed by atoms with Crippen molar-refractivity contribution >= 4 is 34.0 Å². The van der Waals surface area contributed by atoms with Gasteiger partial charge >= 0.3 is 10.4 Å². The lowest BCUT2D eigenvalue weighted by Gasteiger charge is -2.51. The molecule has 20 unspecified atom stereocenters. The minimum atomic E-state index is -4.66. The second-order valence-electron chi connectivity index (χ2n) is 19.4. The zero-order valence-electron chi connectivity index (χ0n) is 44.7. The predicted molar refractivity (Wildman–Crippen MR) is 267 cm³/mol. The molecule has 1 aromatic carbocycles. The van der Waals surface area contributed by atoms with Gasteiger partial charge in [0, 0.05) is 34.2 Å². The minimum absolute atomic E-state index is 0.210. The van der Waals surface area contributed by atoms with Gasteiger partial charge in [-0.15, -0.1) is 0 Å². The molecule has 0 aliphatic carbocycles. The molecule has 0 bridgehead atoms.